The van der Waals surface area contributed by atoms with E-state index in [1.165, 1.54) is 57.8 Å². The van der Waals surface area contributed by atoms with Crippen LogP contribution >= 0.6 is 0 Å². The third kappa shape index (κ3) is 13.3. The molecule has 15 heavy (non-hydrogen) atoms. The maximum absolute atomic E-state index is 3.51. The minimum Gasteiger partial charge on any atom is -0.129 e. The van der Waals surface area contributed by atoms with Gasteiger partial charge in [0.15, 0.2) is 0 Å². The number of rotatable bonds is 10. The van der Waals surface area contributed by atoms with E-state index in [9.17, 15) is 0 Å². The Balaban J connectivity index is 3.01. The minimum absolute atomic E-state index is 1.20. The topological polar surface area (TPSA) is 0 Å². The first-order valence-electron chi connectivity index (χ1n) is 6.42. The van der Waals surface area contributed by atoms with Crippen molar-refractivity contribution < 1.29 is 0 Å². The van der Waals surface area contributed by atoms with E-state index in [1.807, 2.05) is 12.2 Å². The molecule has 0 spiro atoms. The van der Waals surface area contributed by atoms with Crippen molar-refractivity contribution in [3.05, 3.63) is 30.5 Å². The van der Waals surface area contributed by atoms with Gasteiger partial charge in [0.05, 0.1) is 0 Å². The largest absolute Gasteiger partial charge is 0.129 e. The Morgan fingerprint density at radius 2 is 1.53 bits per heavy atom. The molecule has 0 saturated carbocycles. The first kappa shape index (κ1) is 14.3. The van der Waals surface area contributed by atoms with Crippen molar-refractivity contribution in [2.75, 3.05) is 0 Å². The van der Waals surface area contributed by atoms with Crippen molar-refractivity contribution in [2.45, 2.75) is 64.7 Å². The molecular weight excluding hydrogens is 180 g/mol. The summed E-state index contributed by atoms with van der Waals surface area (Å²) in [6.07, 6.45) is 18.5. The van der Waals surface area contributed by atoms with Crippen LogP contribution in [0.4, 0.5) is 0 Å². The van der Waals surface area contributed by atoms with Crippen LogP contribution in [0.5, 0.6) is 0 Å². The average Bonchev–Trinajstić information content (AvgIpc) is 2.26. The fourth-order valence-electron chi connectivity index (χ4n) is 1.63. The Morgan fingerprint density at radius 3 is 2.13 bits per heavy atom. The molecular formula is C15H26. The molecule has 0 bridgehead atoms. The third-order valence-electron chi connectivity index (χ3n) is 2.57. The smallest absolute Gasteiger partial charge is 0.0209 e. The second-order valence-electron chi connectivity index (χ2n) is 4.06. The van der Waals surface area contributed by atoms with Crippen LogP contribution < -0.4 is 0 Å². The predicted octanol–water partition coefficient (Wildman–Crippen LogP) is 5.41. The van der Waals surface area contributed by atoms with Gasteiger partial charge in [0.1, 0.15) is 0 Å². The molecule has 0 aliphatic heterocycles. The standard InChI is InChI=1S/C15H26/c1-3-5-7-9-11-13-15-14-12-10-8-6-4-2/h5,7,9H,1,4,6,8,10-15H2,2H3/b9-7+. The second kappa shape index (κ2) is 13.3. The lowest BCUT2D eigenvalue weighted by atomic mass is 10.1. The van der Waals surface area contributed by atoms with E-state index in [0.29, 0.717) is 0 Å². The van der Waals surface area contributed by atoms with Crippen LogP contribution in [0, 0.1) is 0 Å². The van der Waals surface area contributed by atoms with Crippen molar-refractivity contribution in [3.8, 4) is 0 Å². The van der Waals surface area contributed by atoms with E-state index >= 15 is 0 Å². The predicted molar refractivity (Wildman–Crippen MR) is 70.1 cm³/mol. The molecule has 0 N–H and O–H groups in total. The van der Waals surface area contributed by atoms with Crippen molar-refractivity contribution in [2.24, 2.45) is 0 Å². The van der Waals surface area contributed by atoms with Crippen LogP contribution in [0.1, 0.15) is 64.7 Å². The molecule has 0 aromatic carbocycles. The Labute approximate surface area is 95.8 Å². The van der Waals surface area contributed by atoms with E-state index in [-0.39, 0.29) is 0 Å². The summed E-state index contributed by atoms with van der Waals surface area (Å²) in [6.45, 7) is 5.78. The Kier molecular flexibility index (Phi) is 12.6. The van der Waals surface area contributed by atoms with Crippen LogP contribution in [0.3, 0.4) is 0 Å². The van der Waals surface area contributed by atoms with Gasteiger partial charge in [0.2, 0.25) is 0 Å². The molecule has 0 atom stereocenters. The number of hydrogen-bond donors (Lipinski definition) is 0. The van der Waals surface area contributed by atoms with Gasteiger partial charge >= 0.3 is 0 Å². The average molecular weight is 206 g/mol. The Bertz CT molecular complexity index is 182. The molecule has 0 radical (unpaired) electrons. The summed E-state index contributed by atoms with van der Waals surface area (Å²) >= 11 is 0. The number of unbranched alkanes of at least 4 members (excludes halogenated alkanes) is 8. The number of allylic oxidation sites excluding steroid dienone is 3. The molecule has 0 aliphatic rings. The maximum atomic E-state index is 3.51. The normalized spacial score (nSPS) is 10.5. The van der Waals surface area contributed by atoms with Gasteiger partial charge in [-0.25, -0.2) is 0 Å². The van der Waals surface area contributed by atoms with Crippen molar-refractivity contribution in [1.82, 2.24) is 0 Å². The quantitative estimate of drug-likeness (QED) is 0.254. The van der Waals surface area contributed by atoms with Crippen molar-refractivity contribution >= 4 is 0 Å². The molecule has 0 aromatic rings. The van der Waals surface area contributed by atoms with Crippen LogP contribution in [-0.2, 0) is 0 Å². The maximum Gasteiger partial charge on any atom is -0.0209 e. The number of hydrogen-bond acceptors (Lipinski definition) is 0. The summed E-state index contributed by atoms with van der Waals surface area (Å²) in [5.41, 5.74) is 2.74. The van der Waals surface area contributed by atoms with Crippen molar-refractivity contribution in [3.63, 3.8) is 0 Å². The summed E-state index contributed by atoms with van der Waals surface area (Å²) < 4.78 is 0. The lowest BCUT2D eigenvalue weighted by Crippen LogP contribution is -1.79. The summed E-state index contributed by atoms with van der Waals surface area (Å²) in [4.78, 5) is 0. The highest BCUT2D eigenvalue weighted by Crippen LogP contribution is 2.09. The molecule has 0 fully saturated rings. The van der Waals surface area contributed by atoms with Gasteiger partial charge in [0, 0.05) is 0 Å². The van der Waals surface area contributed by atoms with E-state index < -0.39 is 0 Å². The highest BCUT2D eigenvalue weighted by molar-refractivity contribution is 4.99. The van der Waals surface area contributed by atoms with E-state index in [2.05, 4.69) is 25.3 Å². The summed E-state index contributed by atoms with van der Waals surface area (Å²) in [5.74, 6) is 0. The van der Waals surface area contributed by atoms with Gasteiger partial charge in [-0.3, -0.25) is 0 Å². The SMILES string of the molecule is C=C=C/C=C/CCCCCCCCCC. The van der Waals surface area contributed by atoms with E-state index in [0.717, 1.165) is 0 Å². The lowest BCUT2D eigenvalue weighted by molar-refractivity contribution is 0.577. The summed E-state index contributed by atoms with van der Waals surface area (Å²) in [7, 11) is 0. The van der Waals surface area contributed by atoms with Gasteiger partial charge in [0.25, 0.3) is 0 Å². The van der Waals surface area contributed by atoms with Gasteiger partial charge in [-0.15, -0.1) is 5.73 Å². The third-order valence-corrected chi connectivity index (χ3v) is 2.57. The molecule has 0 unspecified atom stereocenters. The second-order valence-corrected chi connectivity index (χ2v) is 4.06. The van der Waals surface area contributed by atoms with Crippen LogP contribution in [0.25, 0.3) is 0 Å². The lowest BCUT2D eigenvalue weighted by Gasteiger charge is -1.99. The molecule has 0 heterocycles. The molecule has 86 valence electrons. The minimum atomic E-state index is 1.20. The molecule has 0 rings (SSSR count). The fourth-order valence-corrected chi connectivity index (χ4v) is 1.63. The monoisotopic (exact) mass is 206 g/mol. The molecule has 0 nitrogen and oxygen atoms in total. The molecule has 0 aromatic heterocycles. The van der Waals surface area contributed by atoms with Gasteiger partial charge in [-0.2, -0.15) is 0 Å². The summed E-state index contributed by atoms with van der Waals surface area (Å²) in [5, 5.41) is 0. The highest BCUT2D eigenvalue weighted by Gasteiger charge is 1.89. The molecule has 0 aliphatic carbocycles. The van der Waals surface area contributed by atoms with E-state index in [4.69, 9.17) is 0 Å². The zero-order chi connectivity index (χ0) is 11.2. The zero-order valence-electron chi connectivity index (χ0n) is 10.3. The van der Waals surface area contributed by atoms with E-state index in [1.54, 1.807) is 0 Å². The van der Waals surface area contributed by atoms with Crippen LogP contribution in [-0.4, -0.2) is 0 Å². The van der Waals surface area contributed by atoms with Crippen LogP contribution in [0.2, 0.25) is 0 Å². The van der Waals surface area contributed by atoms with Gasteiger partial charge < -0.3 is 0 Å². The van der Waals surface area contributed by atoms with Gasteiger partial charge in [-0.05, 0) is 18.9 Å². The Hall–Kier alpha value is -0.740. The van der Waals surface area contributed by atoms with Gasteiger partial charge in [-0.1, -0.05) is 70.6 Å². The fraction of sp³-hybridized carbons (Fsp3) is 0.667. The molecule has 0 amide bonds. The zero-order valence-corrected chi connectivity index (χ0v) is 10.3. The first-order valence-corrected chi connectivity index (χ1v) is 6.42. The molecule has 0 saturated heterocycles. The first-order chi connectivity index (χ1) is 7.41. The molecule has 0 heteroatoms. The van der Waals surface area contributed by atoms with Crippen LogP contribution in [0.15, 0.2) is 30.5 Å². The Morgan fingerprint density at radius 1 is 0.933 bits per heavy atom. The summed E-state index contributed by atoms with van der Waals surface area (Å²) in [6, 6.07) is 0. The van der Waals surface area contributed by atoms with Crippen molar-refractivity contribution in [1.29, 1.82) is 0 Å². The highest BCUT2D eigenvalue weighted by atomic mass is 14.0.